The van der Waals surface area contributed by atoms with Gasteiger partial charge < -0.3 is 24.5 Å². The molecule has 1 aromatic heterocycles. The zero-order chi connectivity index (χ0) is 17.1. The number of carbonyl (C=O) groups is 2. The van der Waals surface area contributed by atoms with Crippen LogP contribution in [0.1, 0.15) is 28.4 Å². The number of hydrogen-bond acceptors (Lipinski definition) is 7. The fourth-order valence-electron chi connectivity index (χ4n) is 2.06. The van der Waals surface area contributed by atoms with Crippen LogP contribution in [0.4, 0.5) is 0 Å². The molecule has 0 saturated heterocycles. The number of aliphatic hydroxyl groups is 2. The van der Waals surface area contributed by atoms with Gasteiger partial charge in [-0.15, -0.1) is 0 Å². The summed E-state index contributed by atoms with van der Waals surface area (Å²) >= 11 is 0. The van der Waals surface area contributed by atoms with E-state index in [0.29, 0.717) is 0 Å². The van der Waals surface area contributed by atoms with Gasteiger partial charge in [0.1, 0.15) is 17.3 Å². The fourth-order valence-corrected chi connectivity index (χ4v) is 2.06. The SMILES string of the molecule is COC(=O)CC(O)C(O)c1ccc2oc(=O)c(C(=O)O)cc2c1. The molecule has 0 aliphatic carbocycles. The summed E-state index contributed by atoms with van der Waals surface area (Å²) < 4.78 is 9.28. The number of benzene rings is 1. The van der Waals surface area contributed by atoms with E-state index >= 15 is 0 Å². The topological polar surface area (TPSA) is 134 Å². The maximum atomic E-state index is 11.5. The monoisotopic (exact) mass is 322 g/mol. The quantitative estimate of drug-likeness (QED) is 0.533. The van der Waals surface area contributed by atoms with Crippen molar-refractivity contribution in [2.75, 3.05) is 7.11 Å². The van der Waals surface area contributed by atoms with Crippen LogP contribution in [0.2, 0.25) is 0 Å². The van der Waals surface area contributed by atoms with Crippen LogP contribution in [0.5, 0.6) is 0 Å². The highest BCUT2D eigenvalue weighted by molar-refractivity contribution is 5.91. The van der Waals surface area contributed by atoms with Crippen LogP contribution in [0.15, 0.2) is 33.5 Å². The Bertz CT molecular complexity index is 807. The first-order chi connectivity index (χ1) is 10.8. The Kier molecular flexibility index (Phi) is 4.77. The number of rotatable bonds is 5. The van der Waals surface area contributed by atoms with Crippen molar-refractivity contribution >= 4 is 22.9 Å². The minimum atomic E-state index is -1.43. The van der Waals surface area contributed by atoms with Crippen molar-refractivity contribution in [3.05, 3.63) is 45.8 Å². The van der Waals surface area contributed by atoms with Gasteiger partial charge in [0.25, 0.3) is 0 Å². The molecule has 1 aromatic carbocycles. The molecular weight excluding hydrogens is 308 g/mol. The summed E-state index contributed by atoms with van der Waals surface area (Å²) in [6.07, 6.45) is -3.19. The number of esters is 1. The zero-order valence-electron chi connectivity index (χ0n) is 12.1. The van der Waals surface area contributed by atoms with Gasteiger partial charge in [-0.25, -0.2) is 9.59 Å². The van der Waals surface area contributed by atoms with E-state index in [9.17, 15) is 24.6 Å². The summed E-state index contributed by atoms with van der Waals surface area (Å²) in [6, 6.07) is 5.25. The average Bonchev–Trinajstić information content (AvgIpc) is 2.52. The van der Waals surface area contributed by atoms with E-state index in [-0.39, 0.29) is 16.5 Å². The van der Waals surface area contributed by atoms with Gasteiger partial charge in [0.15, 0.2) is 0 Å². The summed E-state index contributed by atoms with van der Waals surface area (Å²) in [6.45, 7) is 0. The van der Waals surface area contributed by atoms with Gasteiger partial charge in [-0.05, 0) is 23.8 Å². The molecule has 0 radical (unpaired) electrons. The first-order valence-electron chi connectivity index (χ1n) is 6.57. The number of fused-ring (bicyclic) bond motifs is 1. The highest BCUT2D eigenvalue weighted by atomic mass is 16.5. The Labute approximate surface area is 129 Å². The van der Waals surface area contributed by atoms with Crippen molar-refractivity contribution in [3.63, 3.8) is 0 Å². The molecule has 2 atom stereocenters. The zero-order valence-corrected chi connectivity index (χ0v) is 12.1. The van der Waals surface area contributed by atoms with E-state index in [0.717, 1.165) is 13.2 Å². The average molecular weight is 322 g/mol. The lowest BCUT2D eigenvalue weighted by molar-refractivity contribution is -0.144. The second-order valence-corrected chi connectivity index (χ2v) is 4.84. The molecule has 2 aromatic rings. The molecule has 0 spiro atoms. The summed E-state index contributed by atoms with van der Waals surface area (Å²) in [5, 5.41) is 29.1. The normalized spacial score (nSPS) is 13.5. The largest absolute Gasteiger partial charge is 0.477 e. The number of carbonyl (C=O) groups excluding carboxylic acids is 1. The van der Waals surface area contributed by atoms with Gasteiger partial charge in [-0.2, -0.15) is 0 Å². The van der Waals surface area contributed by atoms with Crippen LogP contribution in [0.25, 0.3) is 11.0 Å². The van der Waals surface area contributed by atoms with E-state index < -0.39 is 41.8 Å². The lowest BCUT2D eigenvalue weighted by atomic mass is 10.0. The summed E-state index contributed by atoms with van der Waals surface area (Å²) in [7, 11) is 1.16. The molecule has 0 bridgehead atoms. The van der Waals surface area contributed by atoms with E-state index in [1.165, 1.54) is 18.2 Å². The standard InChI is InChI=1S/C15H14O8/c1-22-12(17)6-10(16)13(18)7-2-3-11-8(4-7)5-9(14(19)20)15(21)23-11/h2-5,10,13,16,18H,6H2,1H3,(H,19,20). The third-order valence-corrected chi connectivity index (χ3v) is 3.30. The van der Waals surface area contributed by atoms with Crippen molar-refractivity contribution in [2.45, 2.75) is 18.6 Å². The van der Waals surface area contributed by atoms with E-state index in [1.54, 1.807) is 0 Å². The van der Waals surface area contributed by atoms with Gasteiger partial charge in [0, 0.05) is 5.39 Å². The Morgan fingerprint density at radius 1 is 1.26 bits per heavy atom. The minimum absolute atomic E-state index is 0.137. The van der Waals surface area contributed by atoms with Crippen molar-refractivity contribution in [1.82, 2.24) is 0 Å². The Hall–Kier alpha value is -2.71. The first-order valence-corrected chi connectivity index (χ1v) is 6.57. The van der Waals surface area contributed by atoms with E-state index in [2.05, 4.69) is 4.74 Å². The molecule has 0 saturated carbocycles. The maximum absolute atomic E-state index is 11.5. The first kappa shape index (κ1) is 16.7. The predicted molar refractivity (Wildman–Crippen MR) is 77.0 cm³/mol. The predicted octanol–water partition coefficient (Wildman–Crippen LogP) is 0.449. The molecule has 2 rings (SSSR count). The van der Waals surface area contributed by atoms with Crippen LogP contribution in [0, 0.1) is 0 Å². The lowest BCUT2D eigenvalue weighted by Gasteiger charge is -2.17. The van der Waals surface area contributed by atoms with Gasteiger partial charge in [-0.1, -0.05) is 6.07 Å². The fraction of sp³-hybridized carbons (Fsp3) is 0.267. The summed E-state index contributed by atoms with van der Waals surface area (Å²) in [5.41, 5.74) is -1.15. The summed E-state index contributed by atoms with van der Waals surface area (Å²) in [4.78, 5) is 33.5. The van der Waals surface area contributed by atoms with Gasteiger partial charge in [-0.3, -0.25) is 4.79 Å². The molecule has 3 N–H and O–H groups in total. The Morgan fingerprint density at radius 2 is 1.96 bits per heavy atom. The maximum Gasteiger partial charge on any atom is 0.351 e. The van der Waals surface area contributed by atoms with E-state index in [1.807, 2.05) is 0 Å². The van der Waals surface area contributed by atoms with Crippen molar-refractivity contribution in [1.29, 1.82) is 0 Å². The summed E-state index contributed by atoms with van der Waals surface area (Å²) in [5.74, 6) is -2.12. The highest BCUT2D eigenvalue weighted by Gasteiger charge is 2.22. The number of hydrogen-bond donors (Lipinski definition) is 3. The van der Waals surface area contributed by atoms with Gasteiger partial charge in [0.05, 0.1) is 19.6 Å². The van der Waals surface area contributed by atoms with Crippen LogP contribution in [0.3, 0.4) is 0 Å². The number of aliphatic hydroxyl groups excluding tert-OH is 2. The van der Waals surface area contributed by atoms with Crippen LogP contribution >= 0.6 is 0 Å². The third-order valence-electron chi connectivity index (χ3n) is 3.30. The molecule has 0 aliphatic rings. The number of carboxylic acid groups (broad SMARTS) is 1. The second-order valence-electron chi connectivity index (χ2n) is 4.84. The molecule has 8 nitrogen and oxygen atoms in total. The molecule has 23 heavy (non-hydrogen) atoms. The number of ether oxygens (including phenoxy) is 1. The molecule has 2 unspecified atom stereocenters. The smallest absolute Gasteiger partial charge is 0.351 e. The lowest BCUT2D eigenvalue weighted by Crippen LogP contribution is -2.22. The minimum Gasteiger partial charge on any atom is -0.477 e. The van der Waals surface area contributed by atoms with Crippen molar-refractivity contribution in [2.24, 2.45) is 0 Å². The molecular formula is C15H14O8. The molecule has 8 heteroatoms. The molecule has 0 amide bonds. The van der Waals surface area contributed by atoms with Gasteiger partial charge >= 0.3 is 17.6 Å². The number of carboxylic acids is 1. The second kappa shape index (κ2) is 6.59. The molecule has 0 aliphatic heterocycles. The van der Waals surface area contributed by atoms with Crippen LogP contribution in [-0.4, -0.2) is 40.5 Å². The van der Waals surface area contributed by atoms with Crippen LogP contribution in [-0.2, 0) is 9.53 Å². The highest BCUT2D eigenvalue weighted by Crippen LogP contribution is 2.24. The third kappa shape index (κ3) is 3.55. The molecule has 1 heterocycles. The molecule has 0 fully saturated rings. The van der Waals surface area contributed by atoms with Gasteiger partial charge in [0.2, 0.25) is 0 Å². The van der Waals surface area contributed by atoms with Crippen molar-refractivity contribution in [3.8, 4) is 0 Å². The Morgan fingerprint density at radius 3 is 2.57 bits per heavy atom. The van der Waals surface area contributed by atoms with E-state index in [4.69, 9.17) is 9.52 Å². The van der Waals surface area contributed by atoms with Crippen molar-refractivity contribution < 1.29 is 34.1 Å². The van der Waals surface area contributed by atoms with Crippen LogP contribution < -0.4 is 5.63 Å². The number of methoxy groups -OCH3 is 1. The number of aromatic carboxylic acids is 1. The molecule has 122 valence electrons. The Balaban J connectivity index is 2.39.